The third kappa shape index (κ3) is 2.39. The fraction of sp³-hybridized carbons (Fsp3) is 0.235. The van der Waals surface area contributed by atoms with Crippen LogP contribution in [0, 0.1) is 5.82 Å². The molecule has 0 aromatic heterocycles. The van der Waals surface area contributed by atoms with E-state index in [9.17, 15) is 19.4 Å². The number of hydrogen-bond donors (Lipinski definition) is 2. The lowest BCUT2D eigenvalue weighted by molar-refractivity contribution is 0.0961. The zero-order valence-electron chi connectivity index (χ0n) is 12.0. The molecular formula is C17H15FO4. The maximum absolute atomic E-state index is 13.5. The van der Waals surface area contributed by atoms with Crippen LogP contribution in [0.5, 0.6) is 17.2 Å². The van der Waals surface area contributed by atoms with Gasteiger partial charge in [0.2, 0.25) is 0 Å². The summed E-state index contributed by atoms with van der Waals surface area (Å²) in [5, 5.41) is 19.4. The zero-order valence-corrected chi connectivity index (χ0v) is 12.0. The summed E-state index contributed by atoms with van der Waals surface area (Å²) >= 11 is 0. The van der Waals surface area contributed by atoms with E-state index in [2.05, 4.69) is 0 Å². The number of hydrogen-bond acceptors (Lipinski definition) is 4. The summed E-state index contributed by atoms with van der Waals surface area (Å²) in [7, 11) is 1.39. The predicted octanol–water partition coefficient (Wildman–Crippen LogP) is 3.16. The first-order chi connectivity index (χ1) is 10.5. The summed E-state index contributed by atoms with van der Waals surface area (Å²) in [4.78, 5) is 12.3. The quantitative estimate of drug-likeness (QED) is 0.894. The molecule has 0 amide bonds. The molecule has 0 fully saturated rings. The first kappa shape index (κ1) is 14.4. The van der Waals surface area contributed by atoms with Gasteiger partial charge in [-0.05, 0) is 41.7 Å². The van der Waals surface area contributed by atoms with Crippen LogP contribution in [0.4, 0.5) is 4.39 Å². The highest BCUT2D eigenvalue weighted by Gasteiger charge is 2.29. The van der Waals surface area contributed by atoms with Gasteiger partial charge < -0.3 is 14.9 Å². The molecule has 22 heavy (non-hydrogen) atoms. The minimum absolute atomic E-state index is 0.0820. The van der Waals surface area contributed by atoms with Gasteiger partial charge in [-0.15, -0.1) is 0 Å². The van der Waals surface area contributed by atoms with Crippen LogP contribution in [-0.4, -0.2) is 23.1 Å². The van der Waals surface area contributed by atoms with Crippen LogP contribution in [0.15, 0.2) is 30.3 Å². The van der Waals surface area contributed by atoms with Crippen molar-refractivity contribution in [3.8, 4) is 17.2 Å². The van der Waals surface area contributed by atoms with Crippen LogP contribution in [0.1, 0.15) is 33.8 Å². The van der Waals surface area contributed by atoms with Crippen molar-refractivity contribution in [3.63, 3.8) is 0 Å². The number of carbonyl (C=O) groups is 1. The normalized spacial score (nSPS) is 17.2. The van der Waals surface area contributed by atoms with Crippen LogP contribution < -0.4 is 4.74 Å². The number of halogens is 1. The molecule has 1 atom stereocenters. The third-order valence-corrected chi connectivity index (χ3v) is 4.01. The van der Waals surface area contributed by atoms with E-state index in [0.29, 0.717) is 12.0 Å². The third-order valence-electron chi connectivity index (χ3n) is 4.01. The Bertz CT molecular complexity index is 755. The fourth-order valence-corrected chi connectivity index (χ4v) is 2.98. The lowest BCUT2D eigenvalue weighted by Crippen LogP contribution is -2.19. The van der Waals surface area contributed by atoms with Crippen LogP contribution in [0.3, 0.4) is 0 Å². The van der Waals surface area contributed by atoms with E-state index in [4.69, 9.17) is 4.74 Å². The summed E-state index contributed by atoms with van der Waals surface area (Å²) in [5.41, 5.74) is 1.66. The van der Waals surface area contributed by atoms with E-state index in [1.807, 2.05) is 0 Å². The maximum atomic E-state index is 13.5. The number of methoxy groups -OCH3 is 1. The van der Waals surface area contributed by atoms with Gasteiger partial charge in [-0.1, -0.05) is 6.07 Å². The van der Waals surface area contributed by atoms with Gasteiger partial charge in [-0.3, -0.25) is 4.79 Å². The summed E-state index contributed by atoms with van der Waals surface area (Å²) in [6, 6.07) is 7.18. The first-order valence-corrected chi connectivity index (χ1v) is 6.91. The molecule has 0 saturated heterocycles. The van der Waals surface area contributed by atoms with Crippen molar-refractivity contribution in [1.82, 2.24) is 0 Å². The van der Waals surface area contributed by atoms with Crippen molar-refractivity contribution >= 4 is 5.78 Å². The Labute approximate surface area is 126 Å². The van der Waals surface area contributed by atoms with E-state index in [-0.39, 0.29) is 40.9 Å². The molecule has 0 saturated carbocycles. The van der Waals surface area contributed by atoms with E-state index in [1.165, 1.54) is 19.2 Å². The van der Waals surface area contributed by atoms with Crippen LogP contribution in [-0.2, 0) is 6.42 Å². The van der Waals surface area contributed by atoms with Crippen molar-refractivity contribution in [3.05, 3.63) is 52.8 Å². The standard InChI is InChI=1S/C17H15FO4/c1-22-16-7-9(2-3-13(16)18)10-4-11-5-12(19)8-15(21)17(11)14(20)6-10/h2-3,5,7-8,10,19,21H,4,6H2,1H3/t10-/m0/s1. The Hall–Kier alpha value is -2.56. The van der Waals surface area contributed by atoms with E-state index in [0.717, 1.165) is 11.6 Å². The number of Topliss-reactive ketones (excluding diaryl/α,β-unsaturated/α-hetero) is 1. The molecule has 0 unspecified atom stereocenters. The molecular weight excluding hydrogens is 287 g/mol. The summed E-state index contributed by atoms with van der Waals surface area (Å²) in [6.07, 6.45) is 0.706. The van der Waals surface area contributed by atoms with Gasteiger partial charge in [0.05, 0.1) is 12.7 Å². The first-order valence-electron chi connectivity index (χ1n) is 6.91. The molecule has 2 N–H and O–H groups in total. The molecule has 0 spiro atoms. The molecule has 0 bridgehead atoms. The number of ether oxygens (including phenoxy) is 1. The van der Waals surface area contributed by atoms with E-state index < -0.39 is 5.82 Å². The SMILES string of the molecule is COc1cc([C@@H]2CC(=O)c3c(O)cc(O)cc3C2)ccc1F. The number of phenols is 2. The van der Waals surface area contributed by atoms with E-state index in [1.54, 1.807) is 12.1 Å². The highest BCUT2D eigenvalue weighted by Crippen LogP contribution is 2.39. The second kappa shape index (κ2) is 5.33. The molecule has 5 heteroatoms. The maximum Gasteiger partial charge on any atom is 0.167 e. The van der Waals surface area contributed by atoms with Gasteiger partial charge in [0.1, 0.15) is 11.5 Å². The number of aromatic hydroxyl groups is 2. The molecule has 0 aliphatic heterocycles. The number of benzene rings is 2. The Balaban J connectivity index is 2.00. The molecule has 2 aromatic carbocycles. The molecule has 3 rings (SSSR count). The molecule has 1 aliphatic rings. The lowest BCUT2D eigenvalue weighted by atomic mass is 9.79. The number of carbonyl (C=O) groups excluding carboxylic acids is 1. The summed E-state index contributed by atoms with van der Waals surface area (Å²) in [6.45, 7) is 0. The van der Waals surface area contributed by atoms with Gasteiger partial charge in [0.25, 0.3) is 0 Å². The predicted molar refractivity (Wildman–Crippen MR) is 78.1 cm³/mol. The second-order valence-corrected chi connectivity index (χ2v) is 5.42. The van der Waals surface area contributed by atoms with Crippen molar-refractivity contribution in [2.45, 2.75) is 18.8 Å². The lowest BCUT2D eigenvalue weighted by Gasteiger charge is -2.25. The Morgan fingerprint density at radius 3 is 2.68 bits per heavy atom. The summed E-state index contributed by atoms with van der Waals surface area (Å²) < 4.78 is 18.5. The number of fused-ring (bicyclic) bond motifs is 1. The molecule has 2 aromatic rings. The molecule has 4 nitrogen and oxygen atoms in total. The van der Waals surface area contributed by atoms with Gasteiger partial charge in [-0.2, -0.15) is 0 Å². The average molecular weight is 302 g/mol. The highest BCUT2D eigenvalue weighted by atomic mass is 19.1. The molecule has 1 aliphatic carbocycles. The molecule has 114 valence electrons. The monoisotopic (exact) mass is 302 g/mol. The largest absolute Gasteiger partial charge is 0.508 e. The van der Waals surface area contributed by atoms with Gasteiger partial charge >= 0.3 is 0 Å². The summed E-state index contributed by atoms with van der Waals surface area (Å²) in [5.74, 6) is -0.933. The topological polar surface area (TPSA) is 66.8 Å². The second-order valence-electron chi connectivity index (χ2n) is 5.42. The van der Waals surface area contributed by atoms with Gasteiger partial charge in [0, 0.05) is 12.5 Å². The minimum Gasteiger partial charge on any atom is -0.508 e. The van der Waals surface area contributed by atoms with Crippen molar-refractivity contribution in [2.24, 2.45) is 0 Å². The fourth-order valence-electron chi connectivity index (χ4n) is 2.98. The van der Waals surface area contributed by atoms with E-state index >= 15 is 0 Å². The smallest absolute Gasteiger partial charge is 0.167 e. The van der Waals surface area contributed by atoms with Crippen LogP contribution >= 0.6 is 0 Å². The Kier molecular flexibility index (Phi) is 3.48. The minimum atomic E-state index is -0.455. The Morgan fingerprint density at radius 2 is 1.95 bits per heavy atom. The molecule has 0 radical (unpaired) electrons. The van der Waals surface area contributed by atoms with Crippen molar-refractivity contribution in [1.29, 1.82) is 0 Å². The number of ketones is 1. The Morgan fingerprint density at radius 1 is 1.18 bits per heavy atom. The van der Waals surface area contributed by atoms with Crippen LogP contribution in [0.25, 0.3) is 0 Å². The van der Waals surface area contributed by atoms with Gasteiger partial charge in [-0.25, -0.2) is 4.39 Å². The van der Waals surface area contributed by atoms with Crippen molar-refractivity contribution < 1.29 is 24.1 Å². The van der Waals surface area contributed by atoms with Gasteiger partial charge in [0.15, 0.2) is 17.3 Å². The zero-order chi connectivity index (χ0) is 15.9. The number of phenolic OH excluding ortho intramolecular Hbond substituents is 2. The van der Waals surface area contributed by atoms with Crippen LogP contribution in [0.2, 0.25) is 0 Å². The number of rotatable bonds is 2. The average Bonchev–Trinajstić information content (AvgIpc) is 2.46. The molecule has 0 heterocycles. The highest BCUT2D eigenvalue weighted by molar-refractivity contribution is 6.01. The van der Waals surface area contributed by atoms with Crippen molar-refractivity contribution in [2.75, 3.05) is 7.11 Å².